The number of aliphatic imine (C=N–C) groups is 1. The van der Waals surface area contributed by atoms with Gasteiger partial charge in [0.1, 0.15) is 0 Å². The first kappa shape index (κ1) is 21.9. The van der Waals surface area contributed by atoms with E-state index in [2.05, 4.69) is 20.3 Å². The Hall–Kier alpha value is -1.35. The van der Waals surface area contributed by atoms with Gasteiger partial charge in [-0.25, -0.2) is 13.1 Å². The van der Waals surface area contributed by atoms with E-state index in [0.717, 1.165) is 38.5 Å². The Kier molecular flexibility index (Phi) is 7.91. The molecule has 0 aromatic heterocycles. The van der Waals surface area contributed by atoms with Crippen molar-refractivity contribution >= 4 is 21.9 Å². The second-order valence-electron chi connectivity index (χ2n) is 8.00. The summed E-state index contributed by atoms with van der Waals surface area (Å²) in [6, 6.07) is 0. The number of nitrogens with one attached hydrogen (secondary N) is 3. The zero-order valence-corrected chi connectivity index (χ0v) is 17.7. The maximum absolute atomic E-state index is 12.6. The fourth-order valence-electron chi connectivity index (χ4n) is 3.78. The van der Waals surface area contributed by atoms with E-state index < -0.39 is 15.4 Å². The molecule has 2 aliphatic rings. The third kappa shape index (κ3) is 6.34. The quantitative estimate of drug-likeness (QED) is 0.386. The molecule has 2 fully saturated rings. The van der Waals surface area contributed by atoms with E-state index in [1.807, 2.05) is 0 Å². The number of nitrogens with zero attached hydrogens (tertiary/aromatic N) is 2. The summed E-state index contributed by atoms with van der Waals surface area (Å²) in [4.78, 5) is 18.4. The van der Waals surface area contributed by atoms with Gasteiger partial charge >= 0.3 is 0 Å². The molecule has 0 unspecified atom stereocenters. The molecule has 27 heavy (non-hydrogen) atoms. The molecule has 0 atom stereocenters. The summed E-state index contributed by atoms with van der Waals surface area (Å²) < 4.78 is 26.8. The van der Waals surface area contributed by atoms with Gasteiger partial charge in [0.25, 0.3) is 0 Å². The number of sulfonamides is 1. The van der Waals surface area contributed by atoms with Crippen molar-refractivity contribution in [1.29, 1.82) is 0 Å². The first-order valence-corrected chi connectivity index (χ1v) is 11.6. The van der Waals surface area contributed by atoms with E-state index >= 15 is 0 Å². The summed E-state index contributed by atoms with van der Waals surface area (Å²) in [7, 11) is 1.94. The third-order valence-corrected chi connectivity index (χ3v) is 7.07. The largest absolute Gasteiger partial charge is 0.355 e. The molecule has 0 heterocycles. The monoisotopic (exact) mass is 401 g/mol. The molecule has 9 heteroatoms. The molecule has 3 N–H and O–H groups in total. The van der Waals surface area contributed by atoms with Crippen molar-refractivity contribution < 1.29 is 13.2 Å². The van der Waals surface area contributed by atoms with Crippen molar-refractivity contribution in [2.24, 2.45) is 16.3 Å². The molecule has 0 bridgehead atoms. The maximum atomic E-state index is 12.6. The number of rotatable bonds is 9. The molecule has 0 saturated heterocycles. The van der Waals surface area contributed by atoms with Crippen LogP contribution < -0.4 is 15.4 Å². The Morgan fingerprint density at radius 2 is 1.81 bits per heavy atom. The van der Waals surface area contributed by atoms with Crippen LogP contribution in [-0.2, 0) is 14.8 Å². The van der Waals surface area contributed by atoms with Crippen LogP contribution >= 0.6 is 0 Å². The Labute approximate surface area is 163 Å². The topological polar surface area (TPSA) is 103 Å². The molecule has 0 radical (unpaired) electrons. The smallest absolute Gasteiger partial charge is 0.230 e. The van der Waals surface area contributed by atoms with Crippen molar-refractivity contribution in [3.63, 3.8) is 0 Å². The molecule has 0 aromatic carbocycles. The molecule has 0 spiro atoms. The van der Waals surface area contributed by atoms with Crippen LogP contribution in [0.2, 0.25) is 0 Å². The fraction of sp³-hybridized carbons (Fsp3) is 0.889. The van der Waals surface area contributed by atoms with Crippen LogP contribution in [0.5, 0.6) is 0 Å². The molecule has 2 rings (SSSR count). The Morgan fingerprint density at radius 1 is 1.15 bits per heavy atom. The lowest BCUT2D eigenvalue weighted by atomic mass is 9.84. The molecule has 0 aromatic rings. The average molecular weight is 402 g/mol. The van der Waals surface area contributed by atoms with E-state index in [1.165, 1.54) is 6.42 Å². The lowest BCUT2D eigenvalue weighted by molar-refractivity contribution is -0.138. The number of amides is 1. The van der Waals surface area contributed by atoms with Crippen LogP contribution in [0.1, 0.15) is 44.9 Å². The average Bonchev–Trinajstić information content (AvgIpc) is 3.05. The summed E-state index contributed by atoms with van der Waals surface area (Å²) in [5, 5.41) is 6.26. The summed E-state index contributed by atoms with van der Waals surface area (Å²) in [5.74, 6) is 1.18. The van der Waals surface area contributed by atoms with Crippen LogP contribution in [0.3, 0.4) is 0 Å². The van der Waals surface area contributed by atoms with Crippen LogP contribution in [0.4, 0.5) is 0 Å². The highest BCUT2D eigenvalue weighted by Gasteiger charge is 2.42. The van der Waals surface area contributed by atoms with Crippen LogP contribution in [0.15, 0.2) is 4.99 Å². The second kappa shape index (κ2) is 9.73. The minimum absolute atomic E-state index is 0.00217. The van der Waals surface area contributed by atoms with E-state index in [1.54, 1.807) is 26.0 Å². The Morgan fingerprint density at radius 3 is 2.33 bits per heavy atom. The van der Waals surface area contributed by atoms with Crippen LogP contribution in [-0.4, -0.2) is 71.7 Å². The number of hydrogen-bond donors (Lipinski definition) is 3. The van der Waals surface area contributed by atoms with Gasteiger partial charge in [-0.1, -0.05) is 19.3 Å². The number of carbonyl (C=O) groups is 1. The molecule has 0 aliphatic heterocycles. The second-order valence-corrected chi connectivity index (χ2v) is 9.93. The van der Waals surface area contributed by atoms with Crippen molar-refractivity contribution in [3.8, 4) is 0 Å². The lowest BCUT2D eigenvalue weighted by Crippen LogP contribution is -2.49. The van der Waals surface area contributed by atoms with Crippen molar-refractivity contribution in [3.05, 3.63) is 0 Å². The standard InChI is InChI=1S/C18H35N5O3S/c1-19-17(20-11-12-27(25,26)22-13-15-7-6-8-15)21-14-18(9-4-5-10-18)16(24)23(2)3/h15,22H,4-14H2,1-3H3,(H2,19,20,21). The third-order valence-electron chi connectivity index (χ3n) is 5.72. The van der Waals surface area contributed by atoms with E-state index in [-0.39, 0.29) is 18.2 Å². The first-order chi connectivity index (χ1) is 12.8. The van der Waals surface area contributed by atoms with Gasteiger partial charge in [0.2, 0.25) is 15.9 Å². The zero-order chi connectivity index (χ0) is 19.9. The first-order valence-electron chi connectivity index (χ1n) is 9.92. The number of hydrogen-bond acceptors (Lipinski definition) is 4. The molecule has 156 valence electrons. The van der Waals surface area contributed by atoms with Gasteiger partial charge in [-0.05, 0) is 31.6 Å². The van der Waals surface area contributed by atoms with Crippen molar-refractivity contribution in [2.45, 2.75) is 44.9 Å². The lowest BCUT2D eigenvalue weighted by Gasteiger charge is -2.31. The highest BCUT2D eigenvalue weighted by atomic mass is 32.2. The minimum Gasteiger partial charge on any atom is -0.355 e. The number of guanidine groups is 1. The Bertz CT molecular complexity index is 623. The van der Waals surface area contributed by atoms with Gasteiger partial charge in [-0.3, -0.25) is 9.79 Å². The van der Waals surface area contributed by atoms with Crippen LogP contribution in [0, 0.1) is 11.3 Å². The molecular weight excluding hydrogens is 366 g/mol. The van der Waals surface area contributed by atoms with Crippen molar-refractivity contribution in [2.75, 3.05) is 46.5 Å². The molecule has 8 nitrogen and oxygen atoms in total. The summed E-state index contributed by atoms with van der Waals surface area (Å²) >= 11 is 0. The summed E-state index contributed by atoms with van der Waals surface area (Å²) in [6.45, 7) is 1.33. The van der Waals surface area contributed by atoms with Crippen molar-refractivity contribution in [1.82, 2.24) is 20.3 Å². The van der Waals surface area contributed by atoms with Gasteiger partial charge in [-0.2, -0.15) is 0 Å². The minimum atomic E-state index is -3.28. The number of carbonyl (C=O) groups excluding carboxylic acids is 1. The van der Waals surface area contributed by atoms with Crippen LogP contribution in [0.25, 0.3) is 0 Å². The van der Waals surface area contributed by atoms with Gasteiger partial charge in [-0.15, -0.1) is 0 Å². The SMILES string of the molecule is CN=C(NCCS(=O)(=O)NCC1CCC1)NCC1(C(=O)N(C)C)CCCC1. The summed E-state index contributed by atoms with van der Waals surface area (Å²) in [6.07, 6.45) is 7.28. The normalized spacial score (nSPS) is 20.2. The molecule has 1 amide bonds. The van der Waals surface area contributed by atoms with Gasteiger partial charge in [0.15, 0.2) is 5.96 Å². The highest BCUT2D eigenvalue weighted by Crippen LogP contribution is 2.38. The van der Waals surface area contributed by atoms with Gasteiger partial charge in [0, 0.05) is 40.8 Å². The van der Waals surface area contributed by atoms with E-state index in [9.17, 15) is 13.2 Å². The van der Waals surface area contributed by atoms with Gasteiger partial charge in [0.05, 0.1) is 11.2 Å². The molecular formula is C18H35N5O3S. The summed E-state index contributed by atoms with van der Waals surface area (Å²) in [5.41, 5.74) is -0.391. The zero-order valence-electron chi connectivity index (χ0n) is 16.9. The molecule has 2 aliphatic carbocycles. The van der Waals surface area contributed by atoms with Gasteiger partial charge < -0.3 is 15.5 Å². The predicted molar refractivity (Wildman–Crippen MR) is 108 cm³/mol. The maximum Gasteiger partial charge on any atom is 0.230 e. The predicted octanol–water partition coefficient (Wildman–Crippen LogP) is 0.520. The highest BCUT2D eigenvalue weighted by molar-refractivity contribution is 7.89. The van der Waals surface area contributed by atoms with E-state index in [4.69, 9.17) is 0 Å². The Balaban J connectivity index is 1.77. The van der Waals surface area contributed by atoms with E-state index in [0.29, 0.717) is 25.0 Å². The molecule has 2 saturated carbocycles. The fourth-order valence-corrected chi connectivity index (χ4v) is 4.79.